The van der Waals surface area contributed by atoms with Crippen molar-refractivity contribution in [2.24, 2.45) is 0 Å². The number of para-hydroxylation sites is 1. The van der Waals surface area contributed by atoms with Crippen molar-refractivity contribution in [3.05, 3.63) is 95.3 Å². The van der Waals surface area contributed by atoms with Crippen molar-refractivity contribution in [3.8, 4) is 0 Å². The van der Waals surface area contributed by atoms with Gasteiger partial charge >= 0.3 is 0 Å². The van der Waals surface area contributed by atoms with Gasteiger partial charge in [0, 0.05) is 30.6 Å². The Morgan fingerprint density at radius 2 is 1.61 bits per heavy atom. The normalized spacial score (nSPS) is 25.5. The molecule has 0 saturated carbocycles. The van der Waals surface area contributed by atoms with Crippen LogP contribution in [0.5, 0.6) is 0 Å². The van der Waals surface area contributed by atoms with E-state index >= 15 is 0 Å². The molecule has 2 aliphatic rings. The Morgan fingerprint density at radius 3 is 2.29 bits per heavy atom. The Bertz CT molecular complexity index is 1240. The van der Waals surface area contributed by atoms with Crippen molar-refractivity contribution in [3.63, 3.8) is 0 Å². The van der Waals surface area contributed by atoms with Crippen molar-refractivity contribution in [2.45, 2.75) is 36.2 Å². The van der Waals surface area contributed by atoms with Crippen LogP contribution in [0.4, 0.5) is 10.1 Å². The van der Waals surface area contributed by atoms with Gasteiger partial charge in [-0.1, -0.05) is 55.0 Å². The molecule has 1 saturated heterocycles. The summed E-state index contributed by atoms with van der Waals surface area (Å²) in [5.74, 6) is -0.402. The lowest BCUT2D eigenvalue weighted by atomic mass is 9.71. The molecule has 31 heavy (non-hydrogen) atoms. The fraction of sp³-hybridized carbons (Fsp3) is 0.280. The highest BCUT2D eigenvalue weighted by molar-refractivity contribution is 7.89. The van der Waals surface area contributed by atoms with Gasteiger partial charge in [0.05, 0.1) is 4.90 Å². The van der Waals surface area contributed by atoms with E-state index in [1.807, 2.05) is 44.3 Å². The molecule has 0 bridgehead atoms. The van der Waals surface area contributed by atoms with Gasteiger partial charge in [0.1, 0.15) is 12.0 Å². The van der Waals surface area contributed by atoms with Gasteiger partial charge in [-0.3, -0.25) is 0 Å². The smallest absolute Gasteiger partial charge is 0.244 e. The molecule has 0 radical (unpaired) electrons. The quantitative estimate of drug-likeness (QED) is 0.600. The van der Waals surface area contributed by atoms with E-state index in [0.717, 1.165) is 22.4 Å². The number of halogens is 1. The van der Waals surface area contributed by atoms with E-state index in [1.165, 1.54) is 12.1 Å². The van der Waals surface area contributed by atoms with Gasteiger partial charge in [-0.15, -0.1) is 0 Å². The van der Waals surface area contributed by atoms with Gasteiger partial charge in [0.25, 0.3) is 0 Å². The van der Waals surface area contributed by atoms with Gasteiger partial charge in [-0.25, -0.2) is 12.8 Å². The Hall–Kier alpha value is -2.70. The Morgan fingerprint density at radius 1 is 0.968 bits per heavy atom. The summed E-state index contributed by atoms with van der Waals surface area (Å²) in [6, 6.07) is 21.6. The zero-order valence-electron chi connectivity index (χ0n) is 17.8. The van der Waals surface area contributed by atoms with Gasteiger partial charge in [0.15, 0.2) is 0 Å². The largest absolute Gasteiger partial charge is 0.357 e. The summed E-state index contributed by atoms with van der Waals surface area (Å²) in [5.41, 5.74) is 3.64. The SMILES string of the molecule is Cc1ccc(S(=O)(=O)N2C[C@@H](c3ccc(F)cc3)[C@@]3(C)c4ccccc4N(C)[C@@H]23)cc1. The second-order valence-electron chi connectivity index (χ2n) is 8.78. The zero-order chi connectivity index (χ0) is 22.0. The van der Waals surface area contributed by atoms with Crippen LogP contribution in [0.2, 0.25) is 0 Å². The Kier molecular flexibility index (Phi) is 4.50. The van der Waals surface area contributed by atoms with Crippen LogP contribution in [0.3, 0.4) is 0 Å². The summed E-state index contributed by atoms with van der Waals surface area (Å²) in [6.07, 6.45) is -0.369. The molecule has 4 nitrogen and oxygen atoms in total. The monoisotopic (exact) mass is 436 g/mol. The molecule has 0 aromatic heterocycles. The average molecular weight is 437 g/mol. The van der Waals surface area contributed by atoms with Crippen molar-refractivity contribution < 1.29 is 12.8 Å². The predicted molar refractivity (Wildman–Crippen MR) is 120 cm³/mol. The minimum Gasteiger partial charge on any atom is -0.357 e. The maximum Gasteiger partial charge on any atom is 0.244 e. The highest BCUT2D eigenvalue weighted by Gasteiger charge is 2.61. The summed E-state index contributed by atoms with van der Waals surface area (Å²) in [7, 11) is -1.77. The van der Waals surface area contributed by atoms with Crippen LogP contribution in [-0.2, 0) is 15.4 Å². The van der Waals surface area contributed by atoms with E-state index in [9.17, 15) is 12.8 Å². The molecule has 3 atom stereocenters. The van der Waals surface area contributed by atoms with Crippen molar-refractivity contribution >= 4 is 15.7 Å². The first kappa shape index (κ1) is 20.2. The van der Waals surface area contributed by atoms with Crippen LogP contribution >= 0.6 is 0 Å². The molecule has 3 aromatic rings. The van der Waals surface area contributed by atoms with Crippen LogP contribution in [0.15, 0.2) is 77.7 Å². The first-order valence-corrected chi connectivity index (χ1v) is 11.8. The molecule has 2 heterocycles. The highest BCUT2D eigenvalue weighted by Crippen LogP contribution is 2.58. The van der Waals surface area contributed by atoms with Crippen LogP contribution in [0.1, 0.15) is 29.5 Å². The lowest BCUT2D eigenvalue weighted by Gasteiger charge is -2.35. The predicted octanol–water partition coefficient (Wildman–Crippen LogP) is 4.66. The van der Waals surface area contributed by atoms with E-state index in [0.29, 0.717) is 11.4 Å². The summed E-state index contributed by atoms with van der Waals surface area (Å²) in [5, 5.41) is 0. The number of fused-ring (bicyclic) bond motifs is 3. The maximum atomic E-state index is 13.8. The number of benzene rings is 3. The molecular weight excluding hydrogens is 411 g/mol. The first-order chi connectivity index (χ1) is 14.7. The van der Waals surface area contributed by atoms with Crippen LogP contribution in [0.25, 0.3) is 0 Å². The number of anilines is 1. The number of hydrogen-bond donors (Lipinski definition) is 0. The topological polar surface area (TPSA) is 40.6 Å². The molecule has 6 heteroatoms. The molecule has 5 rings (SSSR count). The molecule has 0 N–H and O–H groups in total. The third-order valence-electron chi connectivity index (χ3n) is 7.03. The highest BCUT2D eigenvalue weighted by atomic mass is 32.2. The van der Waals surface area contributed by atoms with Gasteiger partial charge in [0.2, 0.25) is 10.0 Å². The lowest BCUT2D eigenvalue weighted by Crippen LogP contribution is -2.49. The van der Waals surface area contributed by atoms with E-state index in [1.54, 1.807) is 28.6 Å². The van der Waals surface area contributed by atoms with E-state index in [4.69, 9.17) is 0 Å². The molecule has 0 amide bonds. The number of likely N-dealkylation sites (N-methyl/N-ethyl adjacent to an activating group) is 1. The Balaban J connectivity index is 1.69. The average Bonchev–Trinajstić information content (AvgIpc) is 3.19. The van der Waals surface area contributed by atoms with E-state index in [2.05, 4.69) is 17.9 Å². The first-order valence-electron chi connectivity index (χ1n) is 10.4. The Labute approximate surface area is 183 Å². The van der Waals surface area contributed by atoms with Crippen LogP contribution in [-0.4, -0.2) is 32.5 Å². The fourth-order valence-corrected chi connectivity index (χ4v) is 7.18. The summed E-state index contributed by atoms with van der Waals surface area (Å²) < 4.78 is 42.9. The molecule has 2 aliphatic heterocycles. The molecule has 3 aromatic carbocycles. The maximum absolute atomic E-state index is 13.8. The number of hydrogen-bond acceptors (Lipinski definition) is 3. The van der Waals surface area contributed by atoms with Crippen molar-refractivity contribution in [1.29, 1.82) is 0 Å². The number of nitrogens with zero attached hydrogens (tertiary/aromatic N) is 2. The summed E-state index contributed by atoms with van der Waals surface area (Å²) in [6.45, 7) is 4.41. The second kappa shape index (κ2) is 6.90. The molecular formula is C25H25FN2O2S. The molecule has 0 aliphatic carbocycles. The second-order valence-corrected chi connectivity index (χ2v) is 10.7. The third kappa shape index (κ3) is 2.85. The number of aryl methyl sites for hydroxylation is 1. The summed E-state index contributed by atoms with van der Waals surface area (Å²) in [4.78, 5) is 2.37. The third-order valence-corrected chi connectivity index (χ3v) is 8.86. The lowest BCUT2D eigenvalue weighted by molar-refractivity contribution is 0.324. The minimum absolute atomic E-state index is 0.107. The van der Waals surface area contributed by atoms with Crippen LogP contribution < -0.4 is 4.90 Å². The van der Waals surface area contributed by atoms with Crippen molar-refractivity contribution in [1.82, 2.24) is 4.31 Å². The molecule has 160 valence electrons. The molecule has 0 spiro atoms. The van der Waals surface area contributed by atoms with Crippen LogP contribution in [0, 0.1) is 12.7 Å². The van der Waals surface area contributed by atoms with Gasteiger partial charge in [-0.2, -0.15) is 4.31 Å². The fourth-order valence-electron chi connectivity index (χ4n) is 5.46. The van der Waals surface area contributed by atoms with E-state index in [-0.39, 0.29) is 17.9 Å². The number of sulfonamides is 1. The zero-order valence-corrected chi connectivity index (χ0v) is 18.6. The minimum atomic E-state index is -3.73. The van der Waals surface area contributed by atoms with Gasteiger partial charge in [-0.05, 0) is 48.4 Å². The van der Waals surface area contributed by atoms with Crippen molar-refractivity contribution in [2.75, 3.05) is 18.5 Å². The van der Waals surface area contributed by atoms with E-state index < -0.39 is 15.4 Å². The molecule has 0 unspecified atom stereocenters. The molecule has 1 fully saturated rings. The standard InChI is InChI=1S/C25H25FN2O2S/c1-17-8-14-20(15-9-17)31(29,30)28-16-22(18-10-12-19(26)13-11-18)25(2)21-6-4-5-7-23(21)27(3)24(25)28/h4-15,22,24H,16H2,1-3H3/t22-,24-,25+/m0/s1. The number of rotatable bonds is 3. The summed E-state index contributed by atoms with van der Waals surface area (Å²) >= 11 is 0. The van der Waals surface area contributed by atoms with Gasteiger partial charge < -0.3 is 4.90 Å².